The number of carbonyl (C=O) groups excluding carboxylic acids is 2. The van der Waals surface area contributed by atoms with Crippen LogP contribution in [-0.4, -0.2) is 29.5 Å². The summed E-state index contributed by atoms with van der Waals surface area (Å²) in [6.45, 7) is 1.44. The fourth-order valence-electron chi connectivity index (χ4n) is 2.78. The molecule has 0 fully saturated rings. The lowest BCUT2D eigenvalue weighted by atomic mass is 10.1. The van der Waals surface area contributed by atoms with Crippen LogP contribution < -0.4 is 16.4 Å². The maximum atomic E-state index is 12.2. The van der Waals surface area contributed by atoms with Gasteiger partial charge in [-0.15, -0.1) is 0 Å². The number of nitrogens with one attached hydrogen (secondary N) is 2. The number of hydrogen-bond acceptors (Lipinski definition) is 3. The molecule has 2 amide bonds. The summed E-state index contributed by atoms with van der Waals surface area (Å²) in [5, 5.41) is 5.72. The highest BCUT2D eigenvalue weighted by Gasteiger charge is 2.07. The van der Waals surface area contributed by atoms with Gasteiger partial charge in [-0.2, -0.15) is 0 Å². The molecule has 2 aromatic carbocycles. The molecule has 1 heterocycles. The van der Waals surface area contributed by atoms with Gasteiger partial charge in [0.1, 0.15) is 0 Å². The van der Waals surface area contributed by atoms with E-state index in [1.807, 2.05) is 53.4 Å². The molecule has 0 atom stereocenters. The van der Waals surface area contributed by atoms with E-state index < -0.39 is 0 Å². The standard InChI is InChI=1S/C22H24N4O2/c23-16-17-4-6-18(7-5-17)21(27)24-12-3-13-25-22(28)19-8-10-20(11-9-19)26-14-1-2-15-26/h1-2,4-11,14-15H,3,12-13,16,23H2,(H,24,27)(H,25,28). The molecular formula is C22H24N4O2. The summed E-state index contributed by atoms with van der Waals surface area (Å²) in [7, 11) is 0. The smallest absolute Gasteiger partial charge is 0.251 e. The first-order valence-electron chi connectivity index (χ1n) is 9.26. The van der Waals surface area contributed by atoms with Crippen molar-refractivity contribution in [2.75, 3.05) is 13.1 Å². The third-order valence-electron chi connectivity index (χ3n) is 4.41. The van der Waals surface area contributed by atoms with Gasteiger partial charge in [0, 0.05) is 48.8 Å². The van der Waals surface area contributed by atoms with Crippen LogP contribution >= 0.6 is 0 Å². The molecule has 0 saturated carbocycles. The summed E-state index contributed by atoms with van der Waals surface area (Å²) in [5.74, 6) is -0.252. The van der Waals surface area contributed by atoms with Gasteiger partial charge in [-0.3, -0.25) is 9.59 Å². The third-order valence-corrected chi connectivity index (χ3v) is 4.41. The summed E-state index contributed by atoms with van der Waals surface area (Å²) in [6, 6.07) is 18.5. The van der Waals surface area contributed by atoms with Gasteiger partial charge >= 0.3 is 0 Å². The van der Waals surface area contributed by atoms with Gasteiger partial charge in [0.2, 0.25) is 0 Å². The fourth-order valence-corrected chi connectivity index (χ4v) is 2.78. The third kappa shape index (κ3) is 5.08. The second kappa shape index (κ2) is 9.53. The molecule has 0 saturated heterocycles. The van der Waals surface area contributed by atoms with Crippen LogP contribution in [0.4, 0.5) is 0 Å². The molecule has 6 nitrogen and oxygen atoms in total. The van der Waals surface area contributed by atoms with Crippen LogP contribution in [-0.2, 0) is 6.54 Å². The Morgan fingerprint density at radius 2 is 1.29 bits per heavy atom. The number of aromatic nitrogens is 1. The van der Waals surface area contributed by atoms with E-state index >= 15 is 0 Å². The van der Waals surface area contributed by atoms with Crippen molar-refractivity contribution < 1.29 is 9.59 Å². The molecule has 0 radical (unpaired) electrons. The van der Waals surface area contributed by atoms with Crippen molar-refractivity contribution in [3.8, 4) is 5.69 Å². The van der Waals surface area contributed by atoms with E-state index in [4.69, 9.17) is 5.73 Å². The van der Waals surface area contributed by atoms with Crippen molar-refractivity contribution in [3.05, 3.63) is 89.7 Å². The summed E-state index contributed by atoms with van der Waals surface area (Å²) in [6.07, 6.45) is 4.56. The maximum Gasteiger partial charge on any atom is 0.251 e. The van der Waals surface area contributed by atoms with Gasteiger partial charge in [-0.05, 0) is 60.5 Å². The second-order valence-electron chi connectivity index (χ2n) is 6.40. The van der Waals surface area contributed by atoms with Gasteiger partial charge in [0.25, 0.3) is 11.8 Å². The minimum atomic E-state index is -0.129. The largest absolute Gasteiger partial charge is 0.352 e. The first-order chi connectivity index (χ1) is 13.7. The quantitative estimate of drug-likeness (QED) is 0.528. The summed E-state index contributed by atoms with van der Waals surface area (Å²) in [4.78, 5) is 24.3. The van der Waals surface area contributed by atoms with Crippen LogP contribution in [0.15, 0.2) is 73.1 Å². The maximum absolute atomic E-state index is 12.2. The average Bonchev–Trinajstić information content (AvgIpc) is 3.28. The Balaban J connectivity index is 1.38. The number of nitrogens with two attached hydrogens (primary N) is 1. The zero-order valence-electron chi connectivity index (χ0n) is 15.6. The Morgan fingerprint density at radius 3 is 1.79 bits per heavy atom. The van der Waals surface area contributed by atoms with Gasteiger partial charge in [-0.1, -0.05) is 12.1 Å². The molecule has 0 bridgehead atoms. The van der Waals surface area contributed by atoms with E-state index in [1.165, 1.54) is 0 Å². The van der Waals surface area contributed by atoms with Gasteiger partial charge in [-0.25, -0.2) is 0 Å². The van der Waals surface area contributed by atoms with Gasteiger partial charge in [0.05, 0.1) is 0 Å². The lowest BCUT2D eigenvalue weighted by Gasteiger charge is -2.08. The first kappa shape index (κ1) is 19.4. The highest BCUT2D eigenvalue weighted by atomic mass is 16.2. The van der Waals surface area contributed by atoms with E-state index in [1.54, 1.807) is 24.3 Å². The van der Waals surface area contributed by atoms with Gasteiger partial charge in [0.15, 0.2) is 0 Å². The molecule has 6 heteroatoms. The first-order valence-corrected chi connectivity index (χ1v) is 9.26. The number of amides is 2. The number of carbonyl (C=O) groups is 2. The predicted molar refractivity (Wildman–Crippen MR) is 109 cm³/mol. The number of nitrogens with zero attached hydrogens (tertiary/aromatic N) is 1. The molecule has 0 aliphatic carbocycles. The van der Waals surface area contributed by atoms with E-state index in [2.05, 4.69) is 10.6 Å². The minimum Gasteiger partial charge on any atom is -0.352 e. The molecule has 28 heavy (non-hydrogen) atoms. The zero-order valence-corrected chi connectivity index (χ0v) is 15.6. The second-order valence-corrected chi connectivity index (χ2v) is 6.40. The molecule has 1 aromatic heterocycles. The molecule has 3 aromatic rings. The van der Waals surface area contributed by atoms with E-state index in [-0.39, 0.29) is 11.8 Å². The normalized spacial score (nSPS) is 10.5. The summed E-state index contributed by atoms with van der Waals surface area (Å²) >= 11 is 0. The highest BCUT2D eigenvalue weighted by molar-refractivity contribution is 5.94. The molecule has 4 N–H and O–H groups in total. The van der Waals surface area contributed by atoms with Crippen LogP contribution in [0, 0.1) is 0 Å². The van der Waals surface area contributed by atoms with Crippen LogP contribution in [0.1, 0.15) is 32.7 Å². The van der Waals surface area contributed by atoms with E-state index in [0.717, 1.165) is 11.3 Å². The average molecular weight is 376 g/mol. The van der Waals surface area contributed by atoms with Gasteiger partial charge < -0.3 is 20.9 Å². The molecule has 3 rings (SSSR count). The van der Waals surface area contributed by atoms with Crippen molar-refractivity contribution in [3.63, 3.8) is 0 Å². The van der Waals surface area contributed by atoms with Crippen LogP contribution in [0.25, 0.3) is 5.69 Å². The van der Waals surface area contributed by atoms with Crippen molar-refractivity contribution in [2.24, 2.45) is 5.73 Å². The molecular weight excluding hydrogens is 352 g/mol. The lowest BCUT2D eigenvalue weighted by molar-refractivity contribution is 0.0952. The van der Waals surface area contributed by atoms with Crippen LogP contribution in [0.2, 0.25) is 0 Å². The Labute approximate surface area is 164 Å². The van der Waals surface area contributed by atoms with Crippen molar-refractivity contribution in [2.45, 2.75) is 13.0 Å². The molecule has 0 aliphatic rings. The highest BCUT2D eigenvalue weighted by Crippen LogP contribution is 2.10. The molecule has 144 valence electrons. The number of benzene rings is 2. The molecule has 0 aliphatic heterocycles. The van der Waals surface area contributed by atoms with E-state index in [0.29, 0.717) is 37.2 Å². The Morgan fingerprint density at radius 1 is 0.786 bits per heavy atom. The zero-order chi connectivity index (χ0) is 19.8. The van der Waals surface area contributed by atoms with E-state index in [9.17, 15) is 9.59 Å². The lowest BCUT2D eigenvalue weighted by Crippen LogP contribution is -2.29. The topological polar surface area (TPSA) is 89.2 Å². The molecule has 0 unspecified atom stereocenters. The minimum absolute atomic E-state index is 0.122. The van der Waals surface area contributed by atoms with Crippen molar-refractivity contribution >= 4 is 11.8 Å². The van der Waals surface area contributed by atoms with Crippen molar-refractivity contribution in [1.29, 1.82) is 0 Å². The summed E-state index contributed by atoms with van der Waals surface area (Å²) < 4.78 is 1.98. The summed E-state index contributed by atoms with van der Waals surface area (Å²) in [5.41, 5.74) is 8.75. The Bertz CT molecular complexity index is 901. The number of rotatable bonds is 8. The predicted octanol–water partition coefficient (Wildman–Crippen LogP) is 2.49. The van der Waals surface area contributed by atoms with Crippen LogP contribution in [0.5, 0.6) is 0 Å². The fraction of sp³-hybridized carbons (Fsp3) is 0.182. The number of hydrogen-bond donors (Lipinski definition) is 3. The SMILES string of the molecule is NCc1ccc(C(=O)NCCCNC(=O)c2ccc(-n3cccc3)cc2)cc1. The molecule has 0 spiro atoms. The van der Waals surface area contributed by atoms with Crippen molar-refractivity contribution in [1.82, 2.24) is 15.2 Å². The van der Waals surface area contributed by atoms with Crippen LogP contribution in [0.3, 0.4) is 0 Å². The monoisotopic (exact) mass is 376 g/mol. The Hall–Kier alpha value is -3.38. The Kier molecular flexibility index (Phi) is 6.59.